The van der Waals surface area contributed by atoms with Crippen molar-refractivity contribution >= 4 is 22.4 Å². The smallest absolute Gasteiger partial charge is 0.232 e. The van der Waals surface area contributed by atoms with Gasteiger partial charge in [0.25, 0.3) is 0 Å². The molecule has 1 heterocycles. The lowest BCUT2D eigenvalue weighted by Crippen LogP contribution is -2.32. The van der Waals surface area contributed by atoms with E-state index in [1.54, 1.807) is 6.20 Å². The third-order valence-electron chi connectivity index (χ3n) is 2.76. The Balaban J connectivity index is 2.04. The number of hydrogen-bond acceptors (Lipinski definition) is 3. The van der Waals surface area contributed by atoms with Gasteiger partial charge in [0.2, 0.25) is 5.91 Å². The Kier molecular flexibility index (Phi) is 3.77. The molecule has 3 nitrogen and oxygen atoms in total. The second-order valence-corrected chi connectivity index (χ2v) is 5.73. The molecule has 0 atom stereocenters. The first-order chi connectivity index (χ1) is 8.58. The molecular weight excluding hydrogens is 244 g/mol. The van der Waals surface area contributed by atoms with Gasteiger partial charge in [0, 0.05) is 17.0 Å². The van der Waals surface area contributed by atoms with E-state index in [-0.39, 0.29) is 5.91 Å². The van der Waals surface area contributed by atoms with Gasteiger partial charge >= 0.3 is 0 Å². The zero-order chi connectivity index (χ0) is 13.0. The lowest BCUT2D eigenvalue weighted by atomic mass is 9.85. The van der Waals surface area contributed by atoms with Crippen LogP contribution in [0.3, 0.4) is 0 Å². The number of rotatable bonds is 4. The first-order valence-electron chi connectivity index (χ1n) is 5.83. The number of nitrogens with one attached hydrogen (secondary N) is 1. The summed E-state index contributed by atoms with van der Waals surface area (Å²) in [5.41, 5.74) is 0.712. The van der Waals surface area contributed by atoms with E-state index in [1.165, 1.54) is 11.3 Å². The summed E-state index contributed by atoms with van der Waals surface area (Å²) in [6.45, 7) is 3.89. The van der Waals surface area contributed by atoms with Crippen molar-refractivity contribution in [3.8, 4) is 0 Å². The average molecular weight is 260 g/mol. The van der Waals surface area contributed by atoms with Gasteiger partial charge in [-0.15, -0.1) is 11.3 Å². The summed E-state index contributed by atoms with van der Waals surface area (Å²) in [6, 6.07) is 10.0. The lowest BCUT2D eigenvalue weighted by molar-refractivity contribution is -0.123. The molecule has 1 N–H and O–H groups in total. The zero-order valence-corrected chi connectivity index (χ0v) is 11.3. The molecule has 0 saturated heterocycles. The lowest BCUT2D eigenvalue weighted by Gasteiger charge is -2.22. The minimum absolute atomic E-state index is 0.00121. The van der Waals surface area contributed by atoms with Crippen LogP contribution in [-0.4, -0.2) is 10.9 Å². The monoisotopic (exact) mass is 260 g/mol. The minimum Gasteiger partial charge on any atom is -0.302 e. The summed E-state index contributed by atoms with van der Waals surface area (Å²) in [6.07, 6.45) is 2.40. The first-order valence-corrected chi connectivity index (χ1v) is 6.71. The van der Waals surface area contributed by atoms with Gasteiger partial charge in [0.05, 0.1) is 0 Å². The molecular formula is C14H16N2OS. The fourth-order valence-electron chi connectivity index (χ4n) is 1.74. The van der Waals surface area contributed by atoms with Crippen LogP contribution in [0.4, 0.5) is 5.13 Å². The maximum Gasteiger partial charge on any atom is 0.232 e. The van der Waals surface area contributed by atoms with Crippen LogP contribution >= 0.6 is 11.3 Å². The quantitative estimate of drug-likeness (QED) is 0.916. The third-order valence-corrected chi connectivity index (χ3v) is 3.44. The number of aromatic nitrogens is 1. The third kappa shape index (κ3) is 3.17. The standard InChI is InChI=1S/C14H16N2OS/c1-14(2,10-11-6-4-3-5-7-11)12(17)16-13-15-8-9-18-13/h3-9H,10H2,1-2H3,(H,15,16,17). The van der Waals surface area contributed by atoms with E-state index in [1.807, 2.05) is 49.6 Å². The van der Waals surface area contributed by atoms with Crippen LogP contribution in [0.25, 0.3) is 0 Å². The largest absolute Gasteiger partial charge is 0.302 e. The molecule has 18 heavy (non-hydrogen) atoms. The van der Waals surface area contributed by atoms with Gasteiger partial charge in [-0.3, -0.25) is 4.79 Å². The molecule has 0 spiro atoms. The van der Waals surface area contributed by atoms with Gasteiger partial charge in [0.15, 0.2) is 5.13 Å². The van der Waals surface area contributed by atoms with Crippen LogP contribution in [0.2, 0.25) is 0 Å². The highest BCUT2D eigenvalue weighted by Gasteiger charge is 2.28. The predicted octanol–water partition coefficient (Wildman–Crippen LogP) is 3.35. The van der Waals surface area contributed by atoms with Crippen molar-refractivity contribution in [2.75, 3.05) is 5.32 Å². The Hall–Kier alpha value is -1.68. The maximum atomic E-state index is 12.2. The fraction of sp³-hybridized carbons (Fsp3) is 0.286. The van der Waals surface area contributed by atoms with Gasteiger partial charge < -0.3 is 5.32 Å². The normalized spacial score (nSPS) is 11.2. The average Bonchev–Trinajstić information content (AvgIpc) is 2.82. The van der Waals surface area contributed by atoms with Crippen molar-refractivity contribution in [1.82, 2.24) is 4.98 Å². The molecule has 0 aliphatic carbocycles. The van der Waals surface area contributed by atoms with E-state index in [4.69, 9.17) is 0 Å². The molecule has 0 aliphatic heterocycles. The van der Waals surface area contributed by atoms with Crippen LogP contribution in [0.5, 0.6) is 0 Å². The van der Waals surface area contributed by atoms with Crippen LogP contribution < -0.4 is 5.32 Å². The zero-order valence-electron chi connectivity index (χ0n) is 10.5. The highest BCUT2D eigenvalue weighted by molar-refractivity contribution is 7.13. The Morgan fingerprint density at radius 3 is 2.67 bits per heavy atom. The van der Waals surface area contributed by atoms with Gasteiger partial charge in [0.1, 0.15) is 0 Å². The van der Waals surface area contributed by atoms with Gasteiger partial charge in [-0.25, -0.2) is 4.98 Å². The molecule has 1 amide bonds. The Bertz CT molecular complexity index is 506. The number of amides is 1. The van der Waals surface area contributed by atoms with Crippen molar-refractivity contribution in [3.05, 3.63) is 47.5 Å². The van der Waals surface area contributed by atoms with E-state index in [9.17, 15) is 4.79 Å². The summed E-state index contributed by atoms with van der Waals surface area (Å²) < 4.78 is 0. The fourth-order valence-corrected chi connectivity index (χ4v) is 2.26. The maximum absolute atomic E-state index is 12.2. The highest BCUT2D eigenvalue weighted by Crippen LogP contribution is 2.24. The van der Waals surface area contributed by atoms with E-state index in [0.717, 1.165) is 5.56 Å². The number of thiazole rings is 1. The number of benzene rings is 1. The highest BCUT2D eigenvalue weighted by atomic mass is 32.1. The predicted molar refractivity (Wildman–Crippen MR) is 74.7 cm³/mol. The number of hydrogen-bond donors (Lipinski definition) is 1. The van der Waals surface area contributed by atoms with Gasteiger partial charge in [-0.2, -0.15) is 0 Å². The molecule has 4 heteroatoms. The molecule has 0 fully saturated rings. The summed E-state index contributed by atoms with van der Waals surface area (Å²) in [7, 11) is 0. The van der Waals surface area contributed by atoms with Crippen LogP contribution in [0.1, 0.15) is 19.4 Å². The van der Waals surface area contributed by atoms with Crippen molar-refractivity contribution in [2.45, 2.75) is 20.3 Å². The molecule has 0 radical (unpaired) electrons. The molecule has 0 aliphatic rings. The van der Waals surface area contributed by atoms with Crippen molar-refractivity contribution in [2.24, 2.45) is 5.41 Å². The number of carbonyl (C=O) groups excluding carboxylic acids is 1. The van der Waals surface area contributed by atoms with Crippen LogP contribution in [0.15, 0.2) is 41.9 Å². The van der Waals surface area contributed by atoms with Crippen molar-refractivity contribution < 1.29 is 4.79 Å². The number of nitrogens with zero attached hydrogens (tertiary/aromatic N) is 1. The minimum atomic E-state index is -0.451. The van der Waals surface area contributed by atoms with E-state index in [0.29, 0.717) is 11.6 Å². The Morgan fingerprint density at radius 2 is 2.06 bits per heavy atom. The second kappa shape index (κ2) is 5.31. The molecule has 94 valence electrons. The molecule has 1 aromatic carbocycles. The summed E-state index contributed by atoms with van der Waals surface area (Å²) >= 11 is 1.43. The molecule has 2 aromatic rings. The topological polar surface area (TPSA) is 42.0 Å². The molecule has 0 bridgehead atoms. The Labute approximate surface area is 111 Å². The first kappa shape index (κ1) is 12.8. The van der Waals surface area contributed by atoms with Crippen LogP contribution in [0, 0.1) is 5.41 Å². The summed E-state index contributed by atoms with van der Waals surface area (Å²) in [5, 5.41) is 5.35. The molecule has 1 aromatic heterocycles. The van der Waals surface area contributed by atoms with E-state index < -0.39 is 5.41 Å². The molecule has 2 rings (SSSR count). The summed E-state index contributed by atoms with van der Waals surface area (Å²) in [4.78, 5) is 16.3. The van der Waals surface area contributed by atoms with E-state index in [2.05, 4.69) is 10.3 Å². The number of anilines is 1. The van der Waals surface area contributed by atoms with Crippen molar-refractivity contribution in [1.29, 1.82) is 0 Å². The number of carbonyl (C=O) groups is 1. The SMILES string of the molecule is CC(C)(Cc1ccccc1)C(=O)Nc1nccs1. The molecule has 0 unspecified atom stereocenters. The molecule has 0 saturated carbocycles. The van der Waals surface area contributed by atoms with Crippen molar-refractivity contribution in [3.63, 3.8) is 0 Å². The van der Waals surface area contributed by atoms with Gasteiger partial charge in [-0.05, 0) is 12.0 Å². The van der Waals surface area contributed by atoms with Gasteiger partial charge in [-0.1, -0.05) is 44.2 Å². The van der Waals surface area contributed by atoms with Crippen LogP contribution in [-0.2, 0) is 11.2 Å². The summed E-state index contributed by atoms with van der Waals surface area (Å²) in [5.74, 6) is 0.00121. The van der Waals surface area contributed by atoms with E-state index >= 15 is 0 Å². The second-order valence-electron chi connectivity index (χ2n) is 4.84. The Morgan fingerprint density at radius 1 is 1.33 bits per heavy atom.